The van der Waals surface area contributed by atoms with E-state index >= 15 is 0 Å². The Hall–Kier alpha value is -5.38. The second-order valence-corrected chi connectivity index (χ2v) is 19.2. The first-order valence-electron chi connectivity index (χ1n) is 21.3. The van der Waals surface area contributed by atoms with Gasteiger partial charge in [-0.15, -0.1) is 4.99 Å². The van der Waals surface area contributed by atoms with Crippen LogP contribution in [0.3, 0.4) is 0 Å². The summed E-state index contributed by atoms with van der Waals surface area (Å²) in [6.07, 6.45) is 1.27. The number of phenolic OH excluding ortho intramolecular Hbond substituents is 1. The number of hydrogen-bond donors (Lipinski definition) is 4. The number of likely N-dealkylation sites (tertiary alicyclic amines) is 1. The fourth-order valence-corrected chi connectivity index (χ4v) is 9.49. The fraction of sp³-hybridized carbons (Fsp3) is 0.600. The number of aromatic hydroxyl groups is 1. The fourth-order valence-electron chi connectivity index (χ4n) is 9.49. The van der Waals surface area contributed by atoms with Gasteiger partial charge in [-0.1, -0.05) is 13.0 Å². The minimum Gasteiger partial charge on any atom is -0.504 e. The Morgan fingerprint density at radius 3 is 2.41 bits per heavy atom. The van der Waals surface area contributed by atoms with Crippen LogP contribution >= 0.6 is 0 Å². The highest BCUT2D eigenvalue weighted by atomic mass is 16.6. The van der Waals surface area contributed by atoms with Gasteiger partial charge in [-0.3, -0.25) is 14.9 Å². The summed E-state index contributed by atoms with van der Waals surface area (Å²) in [7, 11) is 3.92. The van der Waals surface area contributed by atoms with Gasteiger partial charge in [-0.2, -0.15) is 0 Å². The highest BCUT2D eigenvalue weighted by Crippen LogP contribution is 2.64. The van der Waals surface area contributed by atoms with Crippen LogP contribution in [0.4, 0.5) is 14.4 Å². The Kier molecular flexibility index (Phi) is 13.0. The van der Waals surface area contributed by atoms with Crippen LogP contribution in [-0.2, 0) is 37.4 Å². The molecule has 2 aliphatic heterocycles. The van der Waals surface area contributed by atoms with E-state index in [1.54, 1.807) is 61.6 Å². The highest BCUT2D eigenvalue weighted by molar-refractivity contribution is 5.99. The summed E-state index contributed by atoms with van der Waals surface area (Å²) in [5.41, 5.74) is 1.46. The quantitative estimate of drug-likeness (QED) is 0.0937. The lowest BCUT2D eigenvalue weighted by molar-refractivity contribution is -0.957. The molecule has 2 aliphatic carbocycles. The van der Waals surface area contributed by atoms with Crippen LogP contribution < -0.4 is 25.4 Å². The first-order valence-corrected chi connectivity index (χ1v) is 21.3. The number of piperidine rings is 1. The number of Topliss-reactive ketones (excluding diaryl/α,β-unsaturated/α-hetero) is 1. The van der Waals surface area contributed by atoms with Gasteiger partial charge in [0, 0.05) is 68.9 Å². The van der Waals surface area contributed by atoms with Gasteiger partial charge in [-0.05, 0) is 96.7 Å². The number of quaternary nitrogens is 1. The number of ketones is 1. The monoisotopic (exact) mass is 847 g/mol. The number of aliphatic imine (C=N–C) groups is 1. The van der Waals surface area contributed by atoms with Crippen LogP contribution in [0.1, 0.15) is 97.3 Å². The third-order valence-corrected chi connectivity index (χ3v) is 12.3. The van der Waals surface area contributed by atoms with E-state index in [4.69, 9.17) is 18.9 Å². The largest absolute Gasteiger partial charge is 0.504 e. The topological polar surface area (TPSA) is 194 Å². The molecule has 4 N–H and O–H groups in total. The maximum Gasteiger partial charge on any atom is 0.437 e. The van der Waals surface area contributed by atoms with Gasteiger partial charge in [-0.25, -0.2) is 14.4 Å². The minimum atomic E-state index is -0.880. The Bertz CT molecular complexity index is 2040. The summed E-state index contributed by atoms with van der Waals surface area (Å²) >= 11 is 0. The lowest BCUT2D eigenvalue weighted by atomic mass is 9.51. The van der Waals surface area contributed by atoms with E-state index < -0.39 is 35.6 Å². The Morgan fingerprint density at radius 2 is 1.72 bits per heavy atom. The number of alkyl carbamates (subject to hydrolysis) is 1. The molecule has 61 heavy (non-hydrogen) atoms. The molecule has 16 heteroatoms. The zero-order chi connectivity index (χ0) is 44.5. The summed E-state index contributed by atoms with van der Waals surface area (Å²) in [6.45, 7) is 14.5. The van der Waals surface area contributed by atoms with Crippen molar-refractivity contribution in [1.29, 1.82) is 0 Å². The molecule has 2 aromatic rings. The van der Waals surface area contributed by atoms with E-state index in [1.807, 2.05) is 30.3 Å². The van der Waals surface area contributed by atoms with Crippen molar-refractivity contribution in [1.82, 2.24) is 20.9 Å². The Balaban J connectivity index is 0.938. The first-order chi connectivity index (χ1) is 28.6. The molecule has 2 fully saturated rings. The van der Waals surface area contributed by atoms with Gasteiger partial charge >= 0.3 is 18.3 Å². The minimum absolute atomic E-state index is 0.121. The van der Waals surface area contributed by atoms with E-state index in [0.717, 1.165) is 48.0 Å². The molecule has 1 spiro atoms. The first kappa shape index (κ1) is 45.2. The van der Waals surface area contributed by atoms with Crippen molar-refractivity contribution in [3.63, 3.8) is 0 Å². The maximum absolute atomic E-state index is 13.2. The molecule has 4 amide bonds. The molecule has 0 aromatic heterocycles. The maximum atomic E-state index is 13.2. The van der Waals surface area contributed by atoms with Crippen LogP contribution in [0, 0.1) is 11.8 Å². The summed E-state index contributed by atoms with van der Waals surface area (Å²) in [4.78, 5) is 68.9. The summed E-state index contributed by atoms with van der Waals surface area (Å²) < 4.78 is 23.3. The predicted molar refractivity (Wildman–Crippen MR) is 226 cm³/mol. The number of ether oxygens (including phenoxy) is 4. The van der Waals surface area contributed by atoms with Crippen LogP contribution in [-0.4, -0.2) is 114 Å². The van der Waals surface area contributed by atoms with Crippen molar-refractivity contribution in [2.75, 3.05) is 40.3 Å². The molecule has 2 aromatic carbocycles. The van der Waals surface area contributed by atoms with Crippen LogP contribution in [0.15, 0.2) is 41.4 Å². The number of amides is 4. The highest BCUT2D eigenvalue weighted by Gasteiger charge is 2.69. The van der Waals surface area contributed by atoms with E-state index in [2.05, 4.69) is 28.0 Å². The van der Waals surface area contributed by atoms with Crippen LogP contribution in [0.2, 0.25) is 0 Å². The molecule has 6 atom stereocenters. The molecule has 0 unspecified atom stereocenters. The zero-order valence-corrected chi connectivity index (χ0v) is 37.0. The molecule has 332 valence electrons. The number of phenols is 1. The van der Waals surface area contributed by atoms with E-state index in [9.17, 15) is 29.1 Å². The molecular weight excluding hydrogens is 785 g/mol. The SMILES string of the molecule is C[C@@H](CCCN/C(=N/C(=O)OC(C)(C)C)NC(=O)OC(C)(C)C)C(=O)NCCN(C)C(=O)Oc1ccc(C[N@@+]2(C)CC[C@]34c5c6ccc(O)c5O[C@H]3C(=O)CC[C@H]4[C@H]2C6)cc1. The van der Waals surface area contributed by atoms with Gasteiger partial charge < -0.3 is 44.1 Å². The van der Waals surface area contributed by atoms with Crippen molar-refractivity contribution in [2.24, 2.45) is 16.8 Å². The number of carbonyl (C=O) groups excluding carboxylic acids is 5. The number of nitrogens with zero attached hydrogens (tertiary/aromatic N) is 3. The van der Waals surface area contributed by atoms with Crippen molar-refractivity contribution in [2.45, 2.75) is 122 Å². The Labute approximate surface area is 358 Å². The average Bonchev–Trinajstić information content (AvgIpc) is 3.52. The number of nitrogens with one attached hydrogen (secondary N) is 3. The molecule has 1 saturated carbocycles. The van der Waals surface area contributed by atoms with Crippen molar-refractivity contribution in [3.8, 4) is 17.2 Å². The Morgan fingerprint density at radius 1 is 1.02 bits per heavy atom. The van der Waals surface area contributed by atoms with Gasteiger partial charge in [0.2, 0.25) is 11.9 Å². The molecule has 16 nitrogen and oxygen atoms in total. The number of guanidine groups is 1. The van der Waals surface area contributed by atoms with Gasteiger partial charge in [0.1, 0.15) is 23.5 Å². The number of rotatable bonds is 11. The van der Waals surface area contributed by atoms with Crippen molar-refractivity contribution >= 4 is 35.9 Å². The summed E-state index contributed by atoms with van der Waals surface area (Å²) in [6, 6.07) is 11.6. The van der Waals surface area contributed by atoms with Gasteiger partial charge in [0.05, 0.1) is 25.0 Å². The second-order valence-electron chi connectivity index (χ2n) is 19.2. The third-order valence-electron chi connectivity index (χ3n) is 12.3. The molecule has 0 radical (unpaired) electrons. The van der Waals surface area contributed by atoms with Crippen LogP contribution in [0.5, 0.6) is 17.2 Å². The number of benzene rings is 2. The molecule has 6 rings (SSSR count). The summed E-state index contributed by atoms with van der Waals surface area (Å²) in [5, 5.41) is 18.9. The van der Waals surface area contributed by atoms with E-state index in [1.165, 1.54) is 10.5 Å². The molecule has 1 saturated heterocycles. The van der Waals surface area contributed by atoms with Gasteiger partial charge in [0.25, 0.3) is 0 Å². The summed E-state index contributed by atoms with van der Waals surface area (Å²) in [5.74, 6) is 0.819. The van der Waals surface area contributed by atoms with Crippen LogP contribution in [0.25, 0.3) is 0 Å². The smallest absolute Gasteiger partial charge is 0.437 e. The lowest BCUT2D eigenvalue weighted by Gasteiger charge is -2.60. The van der Waals surface area contributed by atoms with E-state index in [-0.39, 0.29) is 53.7 Å². The molecule has 4 aliphatic rings. The van der Waals surface area contributed by atoms with Crippen molar-refractivity contribution in [3.05, 3.63) is 53.1 Å². The number of likely N-dealkylation sites (N-methyl/N-ethyl adjacent to an activating group) is 2. The molecule has 2 heterocycles. The van der Waals surface area contributed by atoms with E-state index in [0.29, 0.717) is 43.3 Å². The number of carbonyl (C=O) groups is 5. The second kappa shape index (κ2) is 17.5. The third kappa shape index (κ3) is 10.2. The average molecular weight is 848 g/mol. The normalized spacial score (nSPS) is 24.4. The zero-order valence-electron chi connectivity index (χ0n) is 37.0. The standard InChI is InChI=1S/C45H62N6O10/c1-27(11-10-21-47-39(48-40(55)60-43(2,3)4)49-41(56)61-44(5,6)7)38(54)46-22-23-50(8)42(57)58-30-15-12-28(13-16-30)26-51(9)24-20-45-31-17-19-34(53)37(45)59-36-33(52)18-14-29(35(36)45)25-32(31)51/h12-16,18,27,31-32,37H,10-11,17,19-26H2,1-9H3,(H3-,46,47,48,49,52,54,55,56)/p+1/t27-,31-,32+,37-,45-,51+/m0/s1. The van der Waals surface area contributed by atoms with Gasteiger partial charge in [0.15, 0.2) is 23.4 Å². The molecular formula is C45H63N6O10+. The molecule has 2 bridgehead atoms. The lowest BCUT2D eigenvalue weighted by Crippen LogP contribution is -2.71. The van der Waals surface area contributed by atoms with Crippen molar-refractivity contribution < 1.29 is 52.5 Å². The number of hydrogen-bond acceptors (Lipinski definition) is 10. The predicted octanol–water partition coefficient (Wildman–Crippen LogP) is 5.71.